The van der Waals surface area contributed by atoms with Crippen molar-refractivity contribution in [1.82, 2.24) is 5.32 Å². The quantitative estimate of drug-likeness (QED) is 0.881. The normalized spacial score (nSPS) is 23.7. The van der Waals surface area contributed by atoms with Crippen molar-refractivity contribution < 1.29 is 14.3 Å². The van der Waals surface area contributed by atoms with Crippen LogP contribution in [0.2, 0.25) is 0 Å². The minimum absolute atomic E-state index is 0.00438. The molecule has 1 aromatic rings. The second-order valence-electron chi connectivity index (χ2n) is 4.53. The molecule has 1 fully saturated rings. The third kappa shape index (κ3) is 2.90. The van der Waals surface area contributed by atoms with E-state index in [2.05, 4.69) is 21.2 Å². The fraction of sp³-hybridized carbons (Fsp3) is 0.462. The average molecular weight is 316 g/mol. The van der Waals surface area contributed by atoms with E-state index in [1.54, 1.807) is 6.07 Å². The van der Waals surface area contributed by atoms with Crippen LogP contribution in [-0.4, -0.2) is 23.2 Å². The maximum Gasteiger partial charge on any atom is 0.255 e. The first-order valence-electron chi connectivity index (χ1n) is 6.02. The van der Waals surface area contributed by atoms with Crippen molar-refractivity contribution in [2.75, 3.05) is 0 Å². The van der Waals surface area contributed by atoms with Gasteiger partial charge in [-0.2, -0.15) is 0 Å². The molecule has 1 aliphatic carbocycles. The molecule has 0 spiro atoms. The summed E-state index contributed by atoms with van der Waals surface area (Å²) in [7, 11) is 0. The van der Waals surface area contributed by atoms with Crippen molar-refractivity contribution in [3.05, 3.63) is 34.1 Å². The number of aliphatic hydroxyl groups is 1. The number of amides is 1. The van der Waals surface area contributed by atoms with Crippen molar-refractivity contribution in [1.29, 1.82) is 0 Å². The summed E-state index contributed by atoms with van der Waals surface area (Å²) in [4.78, 5) is 12.0. The molecule has 1 aromatic carbocycles. The van der Waals surface area contributed by atoms with E-state index in [0.29, 0.717) is 10.9 Å². The van der Waals surface area contributed by atoms with Gasteiger partial charge in [0.1, 0.15) is 5.82 Å². The Morgan fingerprint density at radius 2 is 2.11 bits per heavy atom. The molecule has 0 aliphatic heterocycles. The summed E-state index contributed by atoms with van der Waals surface area (Å²) in [6.07, 6.45) is 2.83. The van der Waals surface area contributed by atoms with Gasteiger partial charge in [-0.05, 0) is 40.9 Å². The van der Waals surface area contributed by atoms with Crippen LogP contribution < -0.4 is 5.32 Å². The van der Waals surface area contributed by atoms with Crippen LogP contribution in [0.15, 0.2) is 22.7 Å². The number of aliphatic hydroxyl groups excluding tert-OH is 1. The van der Waals surface area contributed by atoms with Gasteiger partial charge in [-0.15, -0.1) is 0 Å². The zero-order valence-electron chi connectivity index (χ0n) is 9.83. The van der Waals surface area contributed by atoms with Gasteiger partial charge in [0.15, 0.2) is 0 Å². The largest absolute Gasteiger partial charge is 0.391 e. The summed E-state index contributed by atoms with van der Waals surface area (Å²) in [5, 5.41) is 12.5. The van der Waals surface area contributed by atoms with E-state index in [9.17, 15) is 14.3 Å². The van der Waals surface area contributed by atoms with Gasteiger partial charge in [0.05, 0.1) is 17.7 Å². The zero-order chi connectivity index (χ0) is 13.1. The van der Waals surface area contributed by atoms with Crippen LogP contribution in [0, 0.1) is 5.82 Å². The molecule has 98 valence electrons. The van der Waals surface area contributed by atoms with Gasteiger partial charge in [0, 0.05) is 4.47 Å². The molecule has 1 saturated carbocycles. The predicted molar refractivity (Wildman–Crippen MR) is 69.8 cm³/mol. The lowest BCUT2D eigenvalue weighted by Gasteiger charge is -2.28. The monoisotopic (exact) mass is 315 g/mol. The molecule has 0 heterocycles. The zero-order valence-corrected chi connectivity index (χ0v) is 11.4. The second-order valence-corrected chi connectivity index (χ2v) is 5.38. The Balaban J connectivity index is 2.12. The topological polar surface area (TPSA) is 49.3 Å². The number of benzene rings is 1. The minimum Gasteiger partial charge on any atom is -0.391 e. The maximum atomic E-state index is 13.6. The molecule has 1 amide bonds. The van der Waals surface area contributed by atoms with Crippen molar-refractivity contribution >= 4 is 21.8 Å². The van der Waals surface area contributed by atoms with Crippen molar-refractivity contribution in [3.63, 3.8) is 0 Å². The van der Waals surface area contributed by atoms with E-state index >= 15 is 0 Å². The molecule has 2 rings (SSSR count). The molecule has 0 saturated heterocycles. The van der Waals surface area contributed by atoms with E-state index in [4.69, 9.17) is 0 Å². The summed E-state index contributed by atoms with van der Waals surface area (Å²) >= 11 is 3.16. The van der Waals surface area contributed by atoms with Crippen LogP contribution in [0.1, 0.15) is 36.0 Å². The summed E-state index contributed by atoms with van der Waals surface area (Å²) in [5.41, 5.74) is -0.00438. The Kier molecular flexibility index (Phi) is 4.35. The second kappa shape index (κ2) is 5.80. The Morgan fingerprint density at radius 3 is 2.78 bits per heavy atom. The smallest absolute Gasteiger partial charge is 0.255 e. The molecule has 2 N–H and O–H groups in total. The maximum absolute atomic E-state index is 13.6. The van der Waals surface area contributed by atoms with Gasteiger partial charge in [0.2, 0.25) is 0 Å². The van der Waals surface area contributed by atoms with E-state index in [1.807, 2.05) is 0 Å². The number of nitrogens with one attached hydrogen (secondary N) is 1. The molecule has 18 heavy (non-hydrogen) atoms. The first kappa shape index (κ1) is 13.5. The highest BCUT2D eigenvalue weighted by Crippen LogP contribution is 2.22. The number of halogens is 2. The van der Waals surface area contributed by atoms with Crippen LogP contribution in [0.4, 0.5) is 4.39 Å². The van der Waals surface area contributed by atoms with E-state index in [-0.39, 0.29) is 11.6 Å². The van der Waals surface area contributed by atoms with Crippen LogP contribution in [-0.2, 0) is 0 Å². The molecular weight excluding hydrogens is 301 g/mol. The van der Waals surface area contributed by atoms with Gasteiger partial charge in [-0.1, -0.05) is 18.9 Å². The lowest BCUT2D eigenvalue weighted by Crippen LogP contribution is -2.45. The number of hydrogen-bond donors (Lipinski definition) is 2. The highest BCUT2D eigenvalue weighted by atomic mass is 79.9. The number of carbonyl (C=O) groups excluding carboxylic acids is 1. The fourth-order valence-electron chi connectivity index (χ4n) is 2.23. The average Bonchev–Trinajstić information content (AvgIpc) is 2.32. The summed E-state index contributed by atoms with van der Waals surface area (Å²) in [6.45, 7) is 0. The number of rotatable bonds is 2. The fourth-order valence-corrected chi connectivity index (χ4v) is 2.76. The third-order valence-electron chi connectivity index (χ3n) is 3.24. The Morgan fingerprint density at radius 1 is 1.39 bits per heavy atom. The van der Waals surface area contributed by atoms with Gasteiger partial charge in [0.25, 0.3) is 5.91 Å². The number of hydrogen-bond acceptors (Lipinski definition) is 2. The molecule has 0 unspecified atom stereocenters. The van der Waals surface area contributed by atoms with Crippen LogP contribution >= 0.6 is 15.9 Å². The summed E-state index contributed by atoms with van der Waals surface area (Å²) in [5.74, 6) is -1.04. The molecule has 3 nitrogen and oxygen atoms in total. The van der Waals surface area contributed by atoms with Gasteiger partial charge >= 0.3 is 0 Å². The lowest BCUT2D eigenvalue weighted by atomic mass is 9.92. The Bertz CT molecular complexity index is 432. The van der Waals surface area contributed by atoms with E-state index in [1.165, 1.54) is 12.1 Å². The van der Waals surface area contributed by atoms with Crippen molar-refractivity contribution in [3.8, 4) is 0 Å². The van der Waals surface area contributed by atoms with E-state index < -0.39 is 17.8 Å². The first-order chi connectivity index (χ1) is 8.59. The molecule has 0 aromatic heterocycles. The molecule has 2 atom stereocenters. The standard InChI is InChI=1S/C13H15BrFNO2/c14-8-4-3-5-9(15)12(8)13(18)16-10-6-1-2-7-11(10)17/h3-5,10-11,17H,1-2,6-7H2,(H,16,18)/t10-,11-/m0/s1. The number of carbonyl (C=O) groups is 1. The molecule has 5 heteroatoms. The van der Waals surface area contributed by atoms with Gasteiger partial charge < -0.3 is 10.4 Å². The highest BCUT2D eigenvalue weighted by molar-refractivity contribution is 9.10. The first-order valence-corrected chi connectivity index (χ1v) is 6.82. The van der Waals surface area contributed by atoms with Gasteiger partial charge in [-0.25, -0.2) is 4.39 Å². The summed E-state index contributed by atoms with van der Waals surface area (Å²) < 4.78 is 14.0. The lowest BCUT2D eigenvalue weighted by molar-refractivity contribution is 0.0714. The van der Waals surface area contributed by atoms with Crippen LogP contribution in [0.5, 0.6) is 0 Å². The minimum atomic E-state index is -0.563. The van der Waals surface area contributed by atoms with Crippen LogP contribution in [0.25, 0.3) is 0 Å². The molecular formula is C13H15BrFNO2. The SMILES string of the molecule is O=C(N[C@H]1CCCC[C@@H]1O)c1c(F)cccc1Br. The Labute approximate surface area is 114 Å². The van der Waals surface area contributed by atoms with E-state index in [0.717, 1.165) is 19.3 Å². The van der Waals surface area contributed by atoms with Gasteiger partial charge in [-0.3, -0.25) is 4.79 Å². The molecule has 0 bridgehead atoms. The highest BCUT2D eigenvalue weighted by Gasteiger charge is 2.26. The molecule has 0 radical (unpaired) electrons. The van der Waals surface area contributed by atoms with Crippen molar-refractivity contribution in [2.24, 2.45) is 0 Å². The van der Waals surface area contributed by atoms with Crippen molar-refractivity contribution in [2.45, 2.75) is 37.8 Å². The predicted octanol–water partition coefficient (Wildman–Crippen LogP) is 2.62. The Hall–Kier alpha value is -0.940. The molecule has 1 aliphatic rings. The summed E-state index contributed by atoms with van der Waals surface area (Å²) in [6, 6.07) is 4.12. The third-order valence-corrected chi connectivity index (χ3v) is 3.90. The van der Waals surface area contributed by atoms with Crippen LogP contribution in [0.3, 0.4) is 0 Å².